The molecule has 0 saturated heterocycles. The highest BCUT2D eigenvalue weighted by molar-refractivity contribution is 6.27. The van der Waals surface area contributed by atoms with E-state index in [0.717, 1.165) is 12.1 Å². The molecule has 1 aliphatic heterocycles. The highest BCUT2D eigenvalue weighted by Crippen LogP contribution is 2.43. The zero-order chi connectivity index (χ0) is 21.8. The van der Waals surface area contributed by atoms with Crippen LogP contribution in [0.15, 0.2) is 71.9 Å². The molecular weight excluding hydrogens is 411 g/mol. The van der Waals surface area contributed by atoms with Crippen LogP contribution in [-0.4, -0.2) is 11.2 Å². The van der Waals surface area contributed by atoms with Gasteiger partial charge >= 0.3 is 6.18 Å². The van der Waals surface area contributed by atoms with Crippen LogP contribution in [0, 0.1) is 11.6 Å². The molecule has 3 aromatic carbocycles. The van der Waals surface area contributed by atoms with Crippen molar-refractivity contribution < 1.29 is 22.0 Å². The second kappa shape index (κ2) is 6.91. The second-order valence-corrected chi connectivity index (χ2v) is 7.12. The van der Waals surface area contributed by atoms with E-state index in [2.05, 4.69) is 9.98 Å². The number of aliphatic imine (C=N–C) groups is 1. The van der Waals surface area contributed by atoms with Crippen molar-refractivity contribution in [3.63, 3.8) is 0 Å². The van der Waals surface area contributed by atoms with E-state index < -0.39 is 23.4 Å². The average molecular weight is 424 g/mol. The number of hydrogen-bond donors (Lipinski definition) is 1. The summed E-state index contributed by atoms with van der Waals surface area (Å²) in [7, 11) is 0. The van der Waals surface area contributed by atoms with Gasteiger partial charge in [-0.25, -0.2) is 8.78 Å². The van der Waals surface area contributed by atoms with Crippen LogP contribution in [0.2, 0.25) is 0 Å². The molecule has 0 bridgehead atoms. The Hall–Kier alpha value is -3.74. The maximum absolute atomic E-state index is 14.7. The van der Waals surface area contributed by atoms with E-state index in [4.69, 9.17) is 0 Å². The average Bonchev–Trinajstić information content (AvgIpc) is 3.35. The van der Waals surface area contributed by atoms with Gasteiger partial charge in [0.25, 0.3) is 0 Å². The molecule has 154 valence electrons. The van der Waals surface area contributed by atoms with Crippen LogP contribution >= 0.6 is 0 Å². The molecule has 31 heavy (non-hydrogen) atoms. The zero-order valence-corrected chi connectivity index (χ0v) is 15.8. The highest BCUT2D eigenvalue weighted by atomic mass is 19.4. The summed E-state index contributed by atoms with van der Waals surface area (Å²) < 4.78 is 68.7. The summed E-state index contributed by atoms with van der Waals surface area (Å²) in [5.74, 6) is -1.02. The number of halogens is 5. The summed E-state index contributed by atoms with van der Waals surface area (Å²) in [6, 6.07) is 13.5. The van der Waals surface area contributed by atoms with Crippen LogP contribution in [0.3, 0.4) is 0 Å². The predicted octanol–water partition coefficient (Wildman–Crippen LogP) is 7.14. The van der Waals surface area contributed by atoms with Crippen LogP contribution in [0.5, 0.6) is 0 Å². The maximum Gasteiger partial charge on any atom is 0.416 e. The molecule has 7 heteroatoms. The van der Waals surface area contributed by atoms with E-state index in [9.17, 15) is 22.0 Å². The van der Waals surface area contributed by atoms with Gasteiger partial charge in [-0.15, -0.1) is 0 Å². The minimum Gasteiger partial charge on any atom is -0.360 e. The lowest BCUT2D eigenvalue weighted by atomic mass is 9.89. The van der Waals surface area contributed by atoms with Crippen molar-refractivity contribution in [2.75, 3.05) is 0 Å². The number of aromatic amines is 1. The molecule has 5 rings (SSSR count). The molecule has 1 aliphatic rings. The lowest BCUT2D eigenvalue weighted by Gasteiger charge is -2.14. The van der Waals surface area contributed by atoms with E-state index in [-0.39, 0.29) is 10.9 Å². The Bertz CT molecular complexity index is 1380. The highest BCUT2D eigenvalue weighted by Gasteiger charge is 2.31. The molecule has 0 radical (unpaired) electrons. The predicted molar refractivity (Wildman–Crippen MR) is 110 cm³/mol. The quantitative estimate of drug-likeness (QED) is 0.331. The Morgan fingerprint density at radius 1 is 0.839 bits per heavy atom. The van der Waals surface area contributed by atoms with Gasteiger partial charge in [0, 0.05) is 45.6 Å². The molecule has 0 spiro atoms. The molecule has 0 aliphatic carbocycles. The smallest absolute Gasteiger partial charge is 0.360 e. The molecule has 1 aromatic heterocycles. The first-order chi connectivity index (χ1) is 14.8. The number of benzene rings is 3. The summed E-state index contributed by atoms with van der Waals surface area (Å²) in [6.45, 7) is 0. The van der Waals surface area contributed by atoms with Gasteiger partial charge < -0.3 is 4.98 Å². The fraction of sp³-hybridized carbons (Fsp3) is 0.0417. The molecule has 4 aromatic rings. The number of aromatic nitrogens is 1. The summed E-state index contributed by atoms with van der Waals surface area (Å²) >= 11 is 0. The zero-order valence-electron chi connectivity index (χ0n) is 15.8. The van der Waals surface area contributed by atoms with Crippen molar-refractivity contribution in [2.24, 2.45) is 4.99 Å². The Morgan fingerprint density at radius 3 is 2.29 bits per heavy atom. The molecule has 2 nitrogen and oxygen atoms in total. The van der Waals surface area contributed by atoms with Crippen molar-refractivity contribution >= 4 is 34.0 Å². The molecule has 0 saturated carbocycles. The number of fused-ring (bicyclic) bond motifs is 2. The number of alkyl halides is 3. The van der Waals surface area contributed by atoms with Crippen LogP contribution in [-0.2, 0) is 6.18 Å². The molecule has 0 fully saturated rings. The molecule has 0 atom stereocenters. The van der Waals surface area contributed by atoms with Gasteiger partial charge in [0.15, 0.2) is 0 Å². The first-order valence-electron chi connectivity index (χ1n) is 9.35. The number of nitrogens with zero attached hydrogens (tertiary/aromatic N) is 1. The minimum atomic E-state index is -4.49. The number of nitrogens with one attached hydrogen (secondary N) is 1. The topological polar surface area (TPSA) is 28.1 Å². The van der Waals surface area contributed by atoms with E-state index >= 15 is 0 Å². The largest absolute Gasteiger partial charge is 0.416 e. The van der Waals surface area contributed by atoms with Crippen molar-refractivity contribution in [1.82, 2.24) is 4.98 Å². The number of hydrogen-bond acceptors (Lipinski definition) is 1. The first-order valence-corrected chi connectivity index (χ1v) is 9.35. The van der Waals surface area contributed by atoms with Gasteiger partial charge in [-0.1, -0.05) is 24.3 Å². The first kappa shape index (κ1) is 19.2. The summed E-state index contributed by atoms with van der Waals surface area (Å²) in [4.78, 5) is 7.23. The van der Waals surface area contributed by atoms with Crippen LogP contribution in [0.4, 0.5) is 27.6 Å². The van der Waals surface area contributed by atoms with Crippen LogP contribution in [0.25, 0.3) is 22.0 Å². The molecule has 2 heterocycles. The van der Waals surface area contributed by atoms with Gasteiger partial charge in [-0.3, -0.25) is 4.99 Å². The van der Waals surface area contributed by atoms with E-state index in [1.54, 1.807) is 24.4 Å². The SMILES string of the molecule is Fc1cccc2c1C(=C(c1ccc(C(F)(F)F)cc1)c1c[nH]c3cccc(F)c13)C=N2. The van der Waals surface area contributed by atoms with Crippen molar-refractivity contribution in [3.05, 3.63) is 101 Å². The summed E-state index contributed by atoms with van der Waals surface area (Å²) in [5, 5.41) is 0.267. The van der Waals surface area contributed by atoms with Gasteiger partial charge in [0.05, 0.1) is 11.3 Å². The Labute approximate surface area is 173 Å². The Morgan fingerprint density at radius 2 is 1.55 bits per heavy atom. The fourth-order valence-corrected chi connectivity index (χ4v) is 3.89. The number of allylic oxidation sites excluding steroid dienone is 1. The van der Waals surface area contributed by atoms with Crippen LogP contribution < -0.4 is 0 Å². The minimum absolute atomic E-state index is 0.225. The molecule has 0 unspecified atom stereocenters. The fourth-order valence-electron chi connectivity index (χ4n) is 3.89. The van der Waals surface area contributed by atoms with E-state index in [1.807, 2.05) is 0 Å². The third-order valence-corrected chi connectivity index (χ3v) is 5.29. The Balaban J connectivity index is 1.83. The Kier molecular flexibility index (Phi) is 4.28. The molecule has 0 amide bonds. The lowest BCUT2D eigenvalue weighted by Crippen LogP contribution is -2.05. The lowest BCUT2D eigenvalue weighted by molar-refractivity contribution is -0.137. The van der Waals surface area contributed by atoms with Crippen molar-refractivity contribution in [2.45, 2.75) is 6.18 Å². The van der Waals surface area contributed by atoms with Crippen molar-refractivity contribution in [1.29, 1.82) is 0 Å². The maximum atomic E-state index is 14.7. The summed E-state index contributed by atoms with van der Waals surface area (Å²) in [5.41, 5.74) is 1.89. The number of H-pyrrole nitrogens is 1. The van der Waals surface area contributed by atoms with Gasteiger partial charge in [-0.05, 0) is 42.0 Å². The normalized spacial score (nSPS) is 14.9. The van der Waals surface area contributed by atoms with Gasteiger partial charge in [-0.2, -0.15) is 13.2 Å². The third kappa shape index (κ3) is 3.13. The third-order valence-electron chi connectivity index (χ3n) is 5.29. The molecular formula is C24H13F5N2. The standard InChI is InChI=1S/C24H13F5N2/c25-17-3-1-5-19-22(17)15(11-30-19)21(13-7-9-14(10-8-13)24(27,28)29)16-12-31-20-6-2-4-18(26)23(16)20/h1-12,30H. The van der Waals surface area contributed by atoms with Crippen LogP contribution in [0.1, 0.15) is 22.3 Å². The van der Waals surface area contributed by atoms with Gasteiger partial charge in [0.1, 0.15) is 11.6 Å². The summed E-state index contributed by atoms with van der Waals surface area (Å²) in [6.07, 6.45) is -1.47. The van der Waals surface area contributed by atoms with E-state index in [1.165, 1.54) is 36.5 Å². The van der Waals surface area contributed by atoms with Gasteiger partial charge in [0.2, 0.25) is 0 Å². The van der Waals surface area contributed by atoms with Crippen molar-refractivity contribution in [3.8, 4) is 0 Å². The second-order valence-electron chi connectivity index (χ2n) is 7.12. The van der Waals surface area contributed by atoms with E-state index in [0.29, 0.717) is 33.5 Å². The number of rotatable bonds is 2. The monoisotopic (exact) mass is 424 g/mol. The molecule has 1 N–H and O–H groups in total.